The number of carbonyl (C=O) groups is 1. The molecule has 0 spiro atoms. The summed E-state index contributed by atoms with van der Waals surface area (Å²) in [5.41, 5.74) is 1.30. The lowest BCUT2D eigenvalue weighted by atomic mass is 9.85. The Hall–Kier alpha value is -4.37. The van der Waals surface area contributed by atoms with Gasteiger partial charge in [-0.3, -0.25) is 4.79 Å². The number of carbonyl (C=O) groups excluding carboxylic acids is 1. The van der Waals surface area contributed by atoms with Crippen LogP contribution in [0.4, 0.5) is 14.5 Å². The number of hydrogen-bond acceptors (Lipinski definition) is 8. The molecule has 0 aromatic heterocycles. The quantitative estimate of drug-likeness (QED) is 0.242. The Morgan fingerprint density at radius 2 is 2.02 bits per heavy atom. The van der Waals surface area contributed by atoms with Gasteiger partial charge in [0.15, 0.2) is 12.3 Å². The standard InChI is InChI=1S/C29H35F2N8O5/c1-3-26(40)35-9-6-18(7-10-35)22-4-5-23-27(39(22)43)29(33-15-37(23)41)34-21-12-17(2)24(14-20(21)28(30)31)44-19-8-11-36-25(13-19)32-16-38(36)42/h3,6,8,11-14,22-23,25,27-29,32-34H,1,4-5,7,9-10,15-16H2,2H3/q+3. The fourth-order valence-corrected chi connectivity index (χ4v) is 6.55. The third-order valence-electron chi connectivity index (χ3n) is 8.88. The molecule has 13 nitrogen and oxygen atoms in total. The SMILES string of the molecule is C=CC(=O)N1CC=C(C2CCC3C(C(Nc4cc(C)c(OC5=CC6NC[N+](=O)N6C=C5)cc4C(F)F)NC[N+]3=O)[N+]2=O)CC1. The molecule has 5 atom stereocenters. The number of aryl methyl sites for hydroxylation is 1. The Morgan fingerprint density at radius 3 is 2.75 bits per heavy atom. The van der Waals surface area contributed by atoms with E-state index in [1.165, 1.54) is 17.2 Å². The Labute approximate surface area is 251 Å². The number of ether oxygens (including phenoxy) is 1. The smallest absolute Gasteiger partial charge is 0.299 e. The van der Waals surface area contributed by atoms with Gasteiger partial charge in [0, 0.05) is 74.2 Å². The van der Waals surface area contributed by atoms with E-state index in [2.05, 4.69) is 22.5 Å². The van der Waals surface area contributed by atoms with Crippen LogP contribution in [0.3, 0.4) is 0 Å². The van der Waals surface area contributed by atoms with Crippen molar-refractivity contribution in [2.75, 3.05) is 31.7 Å². The lowest BCUT2D eigenvalue weighted by molar-refractivity contribution is -0.716. The van der Waals surface area contributed by atoms with E-state index < -0.39 is 36.9 Å². The number of alkyl halides is 2. The number of nitrogens with one attached hydrogen (secondary N) is 3. The number of rotatable bonds is 7. The number of anilines is 1. The first-order chi connectivity index (χ1) is 21.1. The van der Waals surface area contributed by atoms with Crippen LogP contribution in [0.5, 0.6) is 5.75 Å². The summed E-state index contributed by atoms with van der Waals surface area (Å²) in [5, 5.41) is 10.6. The van der Waals surface area contributed by atoms with E-state index in [4.69, 9.17) is 4.74 Å². The number of amides is 1. The first-order valence-corrected chi connectivity index (χ1v) is 14.6. The Balaban J connectivity index is 1.22. The van der Waals surface area contributed by atoms with E-state index in [9.17, 15) is 28.3 Å². The van der Waals surface area contributed by atoms with E-state index in [0.29, 0.717) is 43.7 Å². The lowest BCUT2D eigenvalue weighted by Gasteiger charge is -2.35. The zero-order chi connectivity index (χ0) is 31.1. The average Bonchev–Trinajstić information content (AvgIpc) is 3.39. The van der Waals surface area contributed by atoms with Gasteiger partial charge in [-0.05, 0) is 37.1 Å². The molecule has 3 fully saturated rings. The number of piperidine rings is 1. The van der Waals surface area contributed by atoms with Crippen molar-refractivity contribution in [1.29, 1.82) is 0 Å². The van der Waals surface area contributed by atoms with Crippen LogP contribution in [0, 0.1) is 21.6 Å². The summed E-state index contributed by atoms with van der Waals surface area (Å²) in [4.78, 5) is 52.8. The number of halogens is 2. The van der Waals surface area contributed by atoms with Crippen molar-refractivity contribution in [3.05, 3.63) is 86.4 Å². The third-order valence-corrected chi connectivity index (χ3v) is 8.88. The summed E-state index contributed by atoms with van der Waals surface area (Å²) < 4.78 is 36.6. The molecule has 232 valence electrons. The van der Waals surface area contributed by atoms with Crippen LogP contribution in [-0.2, 0) is 4.79 Å². The van der Waals surface area contributed by atoms with Gasteiger partial charge in [-0.25, -0.2) is 19.4 Å². The summed E-state index contributed by atoms with van der Waals surface area (Å²) in [6.45, 7) is 6.15. The molecule has 44 heavy (non-hydrogen) atoms. The Morgan fingerprint density at radius 1 is 1.20 bits per heavy atom. The lowest BCUT2D eigenvalue weighted by Crippen LogP contribution is -2.67. The zero-order valence-electron chi connectivity index (χ0n) is 24.2. The second-order valence-corrected chi connectivity index (χ2v) is 11.5. The summed E-state index contributed by atoms with van der Waals surface area (Å²) in [5.74, 6) is 0.450. The fourth-order valence-electron chi connectivity index (χ4n) is 6.55. The fraction of sp³-hybridized carbons (Fsp3) is 0.483. The summed E-state index contributed by atoms with van der Waals surface area (Å²) in [6, 6.07) is 0.859. The molecule has 5 aliphatic rings. The van der Waals surface area contributed by atoms with Crippen LogP contribution in [0.25, 0.3) is 0 Å². The molecule has 0 bridgehead atoms. The minimum atomic E-state index is -2.86. The number of fused-ring (bicyclic) bond motifs is 2. The van der Waals surface area contributed by atoms with Crippen molar-refractivity contribution in [3.8, 4) is 5.75 Å². The number of nitrogens with zero attached hydrogens (tertiary/aromatic N) is 5. The van der Waals surface area contributed by atoms with Crippen LogP contribution in [0.1, 0.15) is 36.8 Å². The van der Waals surface area contributed by atoms with Crippen LogP contribution < -0.4 is 20.7 Å². The van der Waals surface area contributed by atoms with Gasteiger partial charge in [0.1, 0.15) is 16.4 Å². The zero-order valence-corrected chi connectivity index (χ0v) is 24.2. The molecule has 0 saturated carbocycles. The van der Waals surface area contributed by atoms with Gasteiger partial charge in [0.2, 0.25) is 18.6 Å². The highest BCUT2D eigenvalue weighted by Gasteiger charge is 2.59. The molecule has 3 saturated heterocycles. The van der Waals surface area contributed by atoms with Crippen molar-refractivity contribution in [2.45, 2.75) is 63.1 Å². The number of benzene rings is 1. The van der Waals surface area contributed by atoms with E-state index in [0.717, 1.165) is 20.0 Å². The molecule has 6 rings (SSSR count). The van der Waals surface area contributed by atoms with E-state index in [1.54, 1.807) is 36.2 Å². The third kappa shape index (κ3) is 5.52. The molecule has 15 heteroatoms. The predicted octanol–water partition coefficient (Wildman–Crippen LogP) is 2.71. The molecule has 3 N–H and O–H groups in total. The van der Waals surface area contributed by atoms with Crippen molar-refractivity contribution >= 4 is 11.6 Å². The Kier molecular flexibility index (Phi) is 8.07. The van der Waals surface area contributed by atoms with Gasteiger partial charge in [0.25, 0.3) is 25.2 Å². The molecule has 1 amide bonds. The molecular weight excluding hydrogens is 578 g/mol. The highest BCUT2D eigenvalue weighted by atomic mass is 19.3. The first-order valence-electron chi connectivity index (χ1n) is 14.6. The van der Waals surface area contributed by atoms with Gasteiger partial charge in [0.05, 0.1) is 11.1 Å². The van der Waals surface area contributed by atoms with Gasteiger partial charge >= 0.3 is 0 Å². The van der Waals surface area contributed by atoms with Gasteiger partial charge in [-0.15, -0.1) is 0 Å². The normalized spacial score (nSPS) is 28.4. The van der Waals surface area contributed by atoms with Crippen molar-refractivity contribution < 1.29 is 32.7 Å². The van der Waals surface area contributed by atoms with Crippen molar-refractivity contribution in [3.63, 3.8) is 0 Å². The number of allylic oxidation sites excluding steroid dienone is 1. The van der Waals surface area contributed by atoms with Gasteiger partial charge in [-0.1, -0.05) is 17.7 Å². The summed E-state index contributed by atoms with van der Waals surface area (Å²) in [6.07, 6.45) is 5.42. The van der Waals surface area contributed by atoms with E-state index >= 15 is 0 Å². The molecule has 1 aromatic rings. The van der Waals surface area contributed by atoms with E-state index in [-0.39, 0.29) is 36.2 Å². The monoisotopic (exact) mass is 613 g/mol. The van der Waals surface area contributed by atoms with Crippen LogP contribution >= 0.6 is 0 Å². The first kappa shape index (κ1) is 29.7. The largest absolute Gasteiger partial charge is 0.457 e. The predicted molar refractivity (Wildman–Crippen MR) is 154 cm³/mol. The van der Waals surface area contributed by atoms with E-state index in [1.807, 2.05) is 6.08 Å². The summed E-state index contributed by atoms with van der Waals surface area (Å²) >= 11 is 0. The maximum absolute atomic E-state index is 14.4. The van der Waals surface area contributed by atoms with Crippen LogP contribution in [-0.4, -0.2) is 87.1 Å². The molecule has 0 aliphatic carbocycles. The maximum Gasteiger partial charge on any atom is 0.299 e. The molecule has 5 heterocycles. The molecule has 0 radical (unpaired) electrons. The molecular formula is C29H35F2N8O5+3. The highest BCUT2D eigenvalue weighted by Crippen LogP contribution is 2.37. The summed E-state index contributed by atoms with van der Waals surface area (Å²) in [7, 11) is 0. The second-order valence-electron chi connectivity index (χ2n) is 11.5. The minimum Gasteiger partial charge on any atom is -0.457 e. The van der Waals surface area contributed by atoms with Crippen LogP contribution in [0.2, 0.25) is 0 Å². The van der Waals surface area contributed by atoms with Crippen LogP contribution in [0.15, 0.2) is 60.5 Å². The van der Waals surface area contributed by atoms with Gasteiger partial charge in [-0.2, -0.15) is 0 Å². The molecule has 5 unspecified atom stereocenters. The average molecular weight is 614 g/mol. The highest BCUT2D eigenvalue weighted by molar-refractivity contribution is 5.87. The number of hydrazine groups is 1. The Bertz CT molecular complexity index is 1510. The topological polar surface area (TPSA) is 129 Å². The van der Waals surface area contributed by atoms with Crippen molar-refractivity contribution in [1.82, 2.24) is 20.5 Å². The van der Waals surface area contributed by atoms with Crippen molar-refractivity contribution in [2.24, 2.45) is 0 Å². The maximum atomic E-state index is 14.4. The minimum absolute atomic E-state index is 0.0592. The van der Waals surface area contributed by atoms with Gasteiger partial charge < -0.3 is 15.0 Å². The number of nitroso groups, excluding NO2 is 3. The number of hydrogen-bond donors (Lipinski definition) is 3. The molecule has 1 aromatic carbocycles. The second kappa shape index (κ2) is 12.0. The molecule has 5 aliphatic heterocycles.